The maximum atomic E-state index is 13.3. The highest BCUT2D eigenvalue weighted by Crippen LogP contribution is 2.24. The Morgan fingerprint density at radius 3 is 2.88 bits per heavy atom. The average Bonchev–Trinajstić information content (AvgIpc) is 2.23. The molecule has 1 aromatic carbocycles. The van der Waals surface area contributed by atoms with E-state index in [1.165, 1.54) is 30.1 Å². The minimum atomic E-state index is -0.599. The lowest BCUT2D eigenvalue weighted by Crippen LogP contribution is -2.33. The van der Waals surface area contributed by atoms with Gasteiger partial charge in [-0.05, 0) is 12.1 Å². The predicted molar refractivity (Wildman–Crippen MR) is 60.1 cm³/mol. The number of nitrogens with one attached hydrogen (secondary N) is 1. The summed E-state index contributed by atoms with van der Waals surface area (Å²) in [4.78, 5) is 12.7. The van der Waals surface area contributed by atoms with Crippen molar-refractivity contribution >= 4 is 23.3 Å². The third-order valence-electron chi connectivity index (χ3n) is 1.98. The number of carbonyl (C=O) groups is 1. The first-order valence-corrected chi connectivity index (χ1v) is 5.01. The van der Waals surface area contributed by atoms with Gasteiger partial charge in [0.05, 0.1) is 17.3 Å². The van der Waals surface area contributed by atoms with E-state index in [1.54, 1.807) is 0 Å². The number of urea groups is 1. The normalized spacial score (nSPS) is 10.0. The maximum Gasteiger partial charge on any atom is 0.321 e. The zero-order valence-electron chi connectivity index (χ0n) is 8.70. The second-order valence-corrected chi connectivity index (χ2v) is 3.58. The molecule has 6 heteroatoms. The van der Waals surface area contributed by atoms with Crippen molar-refractivity contribution in [2.24, 2.45) is 0 Å². The molecule has 88 valence electrons. The van der Waals surface area contributed by atoms with Gasteiger partial charge in [-0.2, -0.15) is 0 Å². The van der Waals surface area contributed by atoms with Crippen molar-refractivity contribution < 1.29 is 14.3 Å². The summed E-state index contributed by atoms with van der Waals surface area (Å²) in [5.74, 6) is -0.599. The molecular weight excluding hydrogens is 235 g/mol. The molecule has 16 heavy (non-hydrogen) atoms. The van der Waals surface area contributed by atoms with Crippen LogP contribution >= 0.6 is 11.6 Å². The first-order chi connectivity index (χ1) is 7.56. The number of hydrogen-bond acceptors (Lipinski definition) is 2. The van der Waals surface area contributed by atoms with E-state index in [0.717, 1.165) is 0 Å². The van der Waals surface area contributed by atoms with Crippen LogP contribution in [0.4, 0.5) is 14.9 Å². The van der Waals surface area contributed by atoms with Crippen LogP contribution < -0.4 is 5.32 Å². The van der Waals surface area contributed by atoms with Crippen LogP contribution in [0.5, 0.6) is 0 Å². The van der Waals surface area contributed by atoms with Crippen LogP contribution in [0.3, 0.4) is 0 Å². The highest BCUT2D eigenvalue weighted by molar-refractivity contribution is 6.33. The van der Waals surface area contributed by atoms with Crippen LogP contribution in [-0.4, -0.2) is 36.2 Å². The number of anilines is 1. The molecule has 2 amide bonds. The van der Waals surface area contributed by atoms with E-state index >= 15 is 0 Å². The molecule has 0 aliphatic rings. The number of aliphatic hydroxyl groups is 1. The summed E-state index contributed by atoms with van der Waals surface area (Å²) in [5.41, 5.74) is -0.0565. The first kappa shape index (κ1) is 12.7. The topological polar surface area (TPSA) is 52.6 Å². The molecular formula is C10H12ClFN2O2. The summed E-state index contributed by atoms with van der Waals surface area (Å²) in [6.45, 7) is 0.00677. The maximum absolute atomic E-state index is 13.3. The van der Waals surface area contributed by atoms with E-state index < -0.39 is 11.8 Å². The third-order valence-corrected chi connectivity index (χ3v) is 2.29. The number of carbonyl (C=O) groups excluding carboxylic acids is 1. The van der Waals surface area contributed by atoms with Crippen molar-refractivity contribution in [1.29, 1.82) is 0 Å². The molecule has 1 aromatic rings. The molecule has 0 bridgehead atoms. The summed E-state index contributed by atoms with van der Waals surface area (Å²) in [6.07, 6.45) is 0. The molecule has 0 saturated heterocycles. The molecule has 0 saturated carbocycles. The van der Waals surface area contributed by atoms with Crippen LogP contribution in [0.1, 0.15) is 0 Å². The van der Waals surface area contributed by atoms with Crippen LogP contribution in [0.25, 0.3) is 0 Å². The number of halogens is 2. The molecule has 0 fully saturated rings. The number of amides is 2. The van der Waals surface area contributed by atoms with Crippen LogP contribution in [0.2, 0.25) is 5.02 Å². The molecule has 0 atom stereocenters. The zero-order valence-corrected chi connectivity index (χ0v) is 9.46. The van der Waals surface area contributed by atoms with Crippen molar-refractivity contribution in [3.63, 3.8) is 0 Å². The van der Waals surface area contributed by atoms with E-state index in [9.17, 15) is 9.18 Å². The highest BCUT2D eigenvalue weighted by atomic mass is 35.5. The van der Waals surface area contributed by atoms with Crippen molar-refractivity contribution in [3.8, 4) is 0 Å². The van der Waals surface area contributed by atoms with Gasteiger partial charge in [0.25, 0.3) is 0 Å². The Morgan fingerprint density at radius 1 is 1.62 bits per heavy atom. The lowest BCUT2D eigenvalue weighted by Gasteiger charge is -2.17. The molecule has 0 aliphatic heterocycles. The summed E-state index contributed by atoms with van der Waals surface area (Å²) >= 11 is 5.73. The highest BCUT2D eigenvalue weighted by Gasteiger charge is 2.13. The third kappa shape index (κ3) is 3.08. The molecule has 0 aliphatic carbocycles. The molecule has 0 radical (unpaired) electrons. The number of hydrogen-bond donors (Lipinski definition) is 2. The quantitative estimate of drug-likeness (QED) is 0.856. The van der Waals surface area contributed by atoms with Gasteiger partial charge < -0.3 is 15.3 Å². The number of likely N-dealkylation sites (N-methyl/N-ethyl adjacent to an activating group) is 1. The van der Waals surface area contributed by atoms with E-state index in [2.05, 4.69) is 5.32 Å². The van der Waals surface area contributed by atoms with Gasteiger partial charge in [0.1, 0.15) is 5.82 Å². The number of rotatable bonds is 3. The Kier molecular flexibility index (Phi) is 4.52. The summed E-state index contributed by atoms with van der Waals surface area (Å²) in [5, 5.41) is 11.1. The van der Waals surface area contributed by atoms with Crippen molar-refractivity contribution in [2.45, 2.75) is 0 Å². The molecule has 1 rings (SSSR count). The van der Waals surface area contributed by atoms with Gasteiger partial charge in [-0.1, -0.05) is 17.7 Å². The summed E-state index contributed by atoms with van der Waals surface area (Å²) < 4.78 is 13.3. The Hall–Kier alpha value is -1.33. The van der Waals surface area contributed by atoms with Gasteiger partial charge >= 0.3 is 6.03 Å². The second kappa shape index (κ2) is 5.67. The van der Waals surface area contributed by atoms with Gasteiger partial charge in [-0.25, -0.2) is 9.18 Å². The van der Waals surface area contributed by atoms with Crippen LogP contribution in [0.15, 0.2) is 18.2 Å². The minimum Gasteiger partial charge on any atom is -0.395 e. The molecule has 0 spiro atoms. The van der Waals surface area contributed by atoms with Gasteiger partial charge in [0.2, 0.25) is 0 Å². The number of aliphatic hydroxyl groups excluding tert-OH is 1. The molecule has 2 N–H and O–H groups in total. The monoisotopic (exact) mass is 246 g/mol. The predicted octanol–water partition coefficient (Wildman–Crippen LogP) is 1.94. The number of para-hydroxylation sites is 1. The van der Waals surface area contributed by atoms with Crippen molar-refractivity contribution in [1.82, 2.24) is 4.90 Å². The Bertz CT molecular complexity index is 367. The van der Waals surface area contributed by atoms with Crippen LogP contribution in [-0.2, 0) is 0 Å². The van der Waals surface area contributed by atoms with E-state index in [1.807, 2.05) is 0 Å². The molecule has 4 nitrogen and oxygen atoms in total. The fourth-order valence-electron chi connectivity index (χ4n) is 1.07. The van der Waals surface area contributed by atoms with Crippen molar-refractivity contribution in [2.75, 3.05) is 25.5 Å². The van der Waals surface area contributed by atoms with Gasteiger partial charge in [0, 0.05) is 13.6 Å². The zero-order chi connectivity index (χ0) is 12.1. The number of nitrogens with zero attached hydrogens (tertiary/aromatic N) is 1. The largest absolute Gasteiger partial charge is 0.395 e. The first-order valence-electron chi connectivity index (χ1n) is 4.63. The number of benzene rings is 1. The van der Waals surface area contributed by atoms with Gasteiger partial charge in [-0.3, -0.25) is 0 Å². The molecule has 0 aromatic heterocycles. The van der Waals surface area contributed by atoms with E-state index in [-0.39, 0.29) is 23.9 Å². The van der Waals surface area contributed by atoms with E-state index in [0.29, 0.717) is 0 Å². The Balaban J connectivity index is 2.77. The Labute approximate surface area is 97.6 Å². The fraction of sp³-hybridized carbons (Fsp3) is 0.300. The summed E-state index contributed by atoms with van der Waals surface area (Å²) in [6, 6.07) is 3.60. The molecule has 0 heterocycles. The lowest BCUT2D eigenvalue weighted by molar-refractivity contribution is 0.202. The SMILES string of the molecule is CN(CCO)C(=O)Nc1c(F)cccc1Cl. The standard InChI is InChI=1S/C10H12ClFN2O2/c1-14(5-6-15)10(16)13-9-7(11)3-2-4-8(9)12/h2-4,15H,5-6H2,1H3,(H,13,16). The fourth-order valence-corrected chi connectivity index (χ4v) is 1.28. The van der Waals surface area contributed by atoms with Crippen LogP contribution in [0, 0.1) is 5.82 Å². The molecule has 0 unspecified atom stereocenters. The van der Waals surface area contributed by atoms with Gasteiger partial charge in [-0.15, -0.1) is 0 Å². The van der Waals surface area contributed by atoms with E-state index in [4.69, 9.17) is 16.7 Å². The minimum absolute atomic E-state index is 0.0565. The lowest BCUT2D eigenvalue weighted by atomic mass is 10.3. The van der Waals surface area contributed by atoms with Crippen molar-refractivity contribution in [3.05, 3.63) is 29.0 Å². The summed E-state index contributed by atoms with van der Waals surface area (Å²) in [7, 11) is 1.49. The second-order valence-electron chi connectivity index (χ2n) is 3.17. The average molecular weight is 247 g/mol. The smallest absolute Gasteiger partial charge is 0.321 e. The van der Waals surface area contributed by atoms with Gasteiger partial charge in [0.15, 0.2) is 0 Å². The Morgan fingerprint density at radius 2 is 2.31 bits per heavy atom.